The van der Waals surface area contributed by atoms with Crippen molar-refractivity contribution >= 4 is 27.6 Å². The molecule has 0 unspecified atom stereocenters. The van der Waals surface area contributed by atoms with Gasteiger partial charge in [-0.1, -0.05) is 12.1 Å². The van der Waals surface area contributed by atoms with E-state index in [1.54, 1.807) is 32.0 Å². The molecule has 2 rings (SSSR count). The molecule has 2 N–H and O–H groups in total. The fourth-order valence-corrected chi connectivity index (χ4v) is 3.52. The first-order valence-electron chi connectivity index (χ1n) is 8.32. The molecule has 0 bridgehead atoms. The Kier molecular flexibility index (Phi) is 6.42. The number of phenols is 1. The number of aromatic hydroxyl groups is 1. The van der Waals surface area contributed by atoms with Gasteiger partial charge in [0.1, 0.15) is 11.3 Å². The zero-order valence-electron chi connectivity index (χ0n) is 16.0. The summed E-state index contributed by atoms with van der Waals surface area (Å²) in [4.78, 5) is 24.1. The highest BCUT2D eigenvalue weighted by Crippen LogP contribution is 2.23. The highest BCUT2D eigenvalue weighted by molar-refractivity contribution is 7.89. The molecule has 2 aromatic rings. The lowest BCUT2D eigenvalue weighted by Gasteiger charge is -2.15. The first-order valence-corrected chi connectivity index (χ1v) is 9.76. The summed E-state index contributed by atoms with van der Waals surface area (Å²) in [5.74, 6) is -1.72. The molecule has 0 aliphatic carbocycles. The highest BCUT2D eigenvalue weighted by Gasteiger charge is 2.21. The highest BCUT2D eigenvalue weighted by atomic mass is 32.2. The molecule has 0 atom stereocenters. The molecular formula is C19H22N2O6S. The zero-order chi connectivity index (χ0) is 21.1. The predicted molar refractivity (Wildman–Crippen MR) is 104 cm³/mol. The van der Waals surface area contributed by atoms with Crippen molar-refractivity contribution in [2.45, 2.75) is 18.7 Å². The van der Waals surface area contributed by atoms with Crippen LogP contribution in [0.4, 0.5) is 5.69 Å². The summed E-state index contributed by atoms with van der Waals surface area (Å²) < 4.78 is 30.7. The first kappa shape index (κ1) is 21.4. The fourth-order valence-electron chi connectivity index (χ4n) is 2.37. The standard InChI is InChI=1S/C19H22N2O6S/c1-12-5-8-15(16(22)9-12)19(24)27-11-18(23)20-14-7-6-13(2)17(10-14)28(25,26)21(3)4/h5-10,22H,11H2,1-4H3,(H,20,23). The summed E-state index contributed by atoms with van der Waals surface area (Å²) in [6, 6.07) is 8.92. The summed E-state index contributed by atoms with van der Waals surface area (Å²) >= 11 is 0. The van der Waals surface area contributed by atoms with Gasteiger partial charge in [0, 0.05) is 19.8 Å². The number of esters is 1. The number of benzene rings is 2. The molecule has 2 aromatic carbocycles. The van der Waals surface area contributed by atoms with Crippen LogP contribution in [-0.2, 0) is 19.6 Å². The number of carbonyl (C=O) groups is 2. The minimum atomic E-state index is -3.67. The fraction of sp³-hybridized carbons (Fsp3) is 0.263. The Morgan fingerprint density at radius 3 is 2.39 bits per heavy atom. The summed E-state index contributed by atoms with van der Waals surface area (Å²) in [5, 5.41) is 12.3. The second-order valence-electron chi connectivity index (χ2n) is 6.41. The van der Waals surface area contributed by atoms with Gasteiger partial charge in [0.15, 0.2) is 6.61 Å². The van der Waals surface area contributed by atoms with E-state index in [2.05, 4.69) is 5.32 Å². The van der Waals surface area contributed by atoms with E-state index in [1.807, 2.05) is 0 Å². The SMILES string of the molecule is Cc1ccc(C(=O)OCC(=O)Nc2ccc(C)c(S(=O)(=O)N(C)C)c2)c(O)c1. The zero-order valence-corrected chi connectivity index (χ0v) is 16.8. The molecule has 0 saturated heterocycles. The van der Waals surface area contributed by atoms with Crippen LogP contribution in [0.15, 0.2) is 41.3 Å². The lowest BCUT2D eigenvalue weighted by molar-refractivity contribution is -0.119. The molecule has 28 heavy (non-hydrogen) atoms. The molecule has 1 amide bonds. The normalized spacial score (nSPS) is 11.3. The second-order valence-corrected chi connectivity index (χ2v) is 8.53. The molecule has 0 saturated carbocycles. The maximum absolute atomic E-state index is 12.3. The number of aryl methyl sites for hydroxylation is 2. The van der Waals surface area contributed by atoms with E-state index in [4.69, 9.17) is 4.74 Å². The van der Waals surface area contributed by atoms with Crippen molar-refractivity contribution in [3.63, 3.8) is 0 Å². The van der Waals surface area contributed by atoms with E-state index >= 15 is 0 Å². The van der Waals surface area contributed by atoms with Crippen LogP contribution in [0.5, 0.6) is 5.75 Å². The van der Waals surface area contributed by atoms with Crippen LogP contribution in [0.1, 0.15) is 21.5 Å². The van der Waals surface area contributed by atoms with Gasteiger partial charge in [0.25, 0.3) is 5.91 Å². The largest absolute Gasteiger partial charge is 0.507 e. The van der Waals surface area contributed by atoms with Crippen molar-refractivity contribution in [1.82, 2.24) is 4.31 Å². The molecule has 9 heteroatoms. The van der Waals surface area contributed by atoms with E-state index in [1.165, 1.54) is 32.3 Å². The average Bonchev–Trinajstić information content (AvgIpc) is 2.61. The molecule has 0 radical (unpaired) electrons. The number of hydrogen-bond acceptors (Lipinski definition) is 6. The Balaban J connectivity index is 2.06. The maximum Gasteiger partial charge on any atom is 0.342 e. The van der Waals surface area contributed by atoms with Crippen LogP contribution in [0, 0.1) is 13.8 Å². The third kappa shape index (κ3) is 4.87. The Bertz CT molecular complexity index is 1020. The van der Waals surface area contributed by atoms with Crippen molar-refractivity contribution in [3.8, 4) is 5.75 Å². The smallest absolute Gasteiger partial charge is 0.342 e. The Hall–Kier alpha value is -2.91. The third-order valence-electron chi connectivity index (χ3n) is 3.94. The average molecular weight is 406 g/mol. The molecule has 0 fully saturated rings. The van der Waals surface area contributed by atoms with Crippen LogP contribution < -0.4 is 5.32 Å². The van der Waals surface area contributed by atoms with Gasteiger partial charge >= 0.3 is 5.97 Å². The van der Waals surface area contributed by atoms with Gasteiger partial charge in [0.05, 0.1) is 4.90 Å². The molecule has 8 nitrogen and oxygen atoms in total. The van der Waals surface area contributed by atoms with Gasteiger partial charge in [-0.2, -0.15) is 0 Å². The van der Waals surface area contributed by atoms with Crippen molar-refractivity contribution in [3.05, 3.63) is 53.1 Å². The van der Waals surface area contributed by atoms with Gasteiger partial charge in [-0.05, 0) is 49.2 Å². The predicted octanol–water partition coefficient (Wildman–Crippen LogP) is 2.05. The Labute approximate surface area is 163 Å². The maximum atomic E-state index is 12.3. The number of amides is 1. The summed E-state index contributed by atoms with van der Waals surface area (Å²) in [7, 11) is -0.834. The van der Waals surface area contributed by atoms with E-state index in [9.17, 15) is 23.1 Å². The number of sulfonamides is 1. The number of nitrogens with one attached hydrogen (secondary N) is 1. The molecule has 150 valence electrons. The molecule has 0 aliphatic heterocycles. The Morgan fingerprint density at radius 1 is 1.11 bits per heavy atom. The second kappa shape index (κ2) is 8.41. The van der Waals surface area contributed by atoms with Crippen molar-refractivity contribution in [2.75, 3.05) is 26.0 Å². The topological polar surface area (TPSA) is 113 Å². The number of carbonyl (C=O) groups excluding carboxylic acids is 2. The van der Waals surface area contributed by atoms with Crippen LogP contribution >= 0.6 is 0 Å². The Morgan fingerprint density at radius 2 is 1.79 bits per heavy atom. The van der Waals surface area contributed by atoms with Gasteiger partial charge in [0.2, 0.25) is 10.0 Å². The van der Waals surface area contributed by atoms with Crippen molar-refractivity contribution in [1.29, 1.82) is 0 Å². The van der Waals surface area contributed by atoms with E-state index in [0.29, 0.717) is 5.56 Å². The van der Waals surface area contributed by atoms with Gasteiger partial charge in [-0.15, -0.1) is 0 Å². The summed E-state index contributed by atoms with van der Waals surface area (Å²) in [6.45, 7) is 2.82. The minimum Gasteiger partial charge on any atom is -0.507 e. The monoisotopic (exact) mass is 406 g/mol. The molecular weight excluding hydrogens is 384 g/mol. The number of ether oxygens (including phenoxy) is 1. The summed E-state index contributed by atoms with van der Waals surface area (Å²) in [6.07, 6.45) is 0. The van der Waals surface area contributed by atoms with E-state index in [0.717, 1.165) is 9.87 Å². The third-order valence-corrected chi connectivity index (χ3v) is 5.90. The van der Waals surface area contributed by atoms with Gasteiger partial charge in [-0.25, -0.2) is 17.5 Å². The number of rotatable bonds is 6. The van der Waals surface area contributed by atoms with Gasteiger partial charge < -0.3 is 15.2 Å². The van der Waals surface area contributed by atoms with Crippen molar-refractivity contribution in [2.24, 2.45) is 0 Å². The van der Waals surface area contributed by atoms with Crippen LogP contribution in [0.25, 0.3) is 0 Å². The summed E-state index contributed by atoms with van der Waals surface area (Å²) in [5.41, 5.74) is 1.51. The molecule has 0 spiro atoms. The van der Waals surface area contributed by atoms with Crippen LogP contribution in [0.2, 0.25) is 0 Å². The lowest BCUT2D eigenvalue weighted by atomic mass is 10.1. The molecule has 0 heterocycles. The van der Waals surface area contributed by atoms with E-state index < -0.39 is 28.5 Å². The number of anilines is 1. The molecule has 0 aromatic heterocycles. The number of phenolic OH excluding ortho intramolecular Hbond substituents is 1. The van der Waals surface area contributed by atoms with E-state index in [-0.39, 0.29) is 21.9 Å². The number of hydrogen-bond donors (Lipinski definition) is 2. The molecule has 0 aliphatic rings. The first-order chi connectivity index (χ1) is 13.0. The number of nitrogens with zero attached hydrogens (tertiary/aromatic N) is 1. The lowest BCUT2D eigenvalue weighted by Crippen LogP contribution is -2.24. The minimum absolute atomic E-state index is 0.0481. The van der Waals surface area contributed by atoms with Gasteiger partial charge in [-0.3, -0.25) is 4.79 Å². The van der Waals surface area contributed by atoms with Crippen molar-refractivity contribution < 1.29 is 27.9 Å². The quantitative estimate of drug-likeness (QED) is 0.710. The van der Waals surface area contributed by atoms with Crippen LogP contribution in [0.3, 0.4) is 0 Å². The van der Waals surface area contributed by atoms with Crippen LogP contribution in [-0.4, -0.2) is 50.4 Å².